The molecule has 1 aliphatic rings. The zero-order valence-electron chi connectivity index (χ0n) is 14.7. The minimum Gasteiger partial charge on any atom is -0.478 e. The smallest absolute Gasteiger partial charge is 0.335 e. The Kier molecular flexibility index (Phi) is 5.40. The fourth-order valence-corrected chi connectivity index (χ4v) is 4.32. The Morgan fingerprint density at radius 3 is 2.41 bits per heavy atom. The Morgan fingerprint density at radius 1 is 1.07 bits per heavy atom. The molecule has 2 heterocycles. The molecule has 0 atom stereocenters. The van der Waals surface area contributed by atoms with Crippen LogP contribution in [0.5, 0.6) is 0 Å². The fourth-order valence-electron chi connectivity index (χ4n) is 2.77. The number of hydrogen-bond donors (Lipinski definition) is 1. The zero-order valence-corrected chi connectivity index (χ0v) is 17.9. The van der Waals surface area contributed by atoms with E-state index in [2.05, 4.69) is 15.9 Å². The standard InChI is InChI=1S/C21H12BrNO4S2/c22-14-5-1-12(2-6-14)17-10-9-16(27-17)11-18-19(24)23(21(28)29-18)15-7-3-13(4-8-15)20(25)26/h1-11H,(H,25,26)/b18-11+. The van der Waals surface area contributed by atoms with Gasteiger partial charge in [-0.2, -0.15) is 0 Å². The van der Waals surface area contributed by atoms with Crippen LogP contribution in [0.4, 0.5) is 5.69 Å². The highest BCUT2D eigenvalue weighted by Gasteiger charge is 2.33. The third-order valence-corrected chi connectivity index (χ3v) is 6.03. The zero-order chi connectivity index (χ0) is 20.5. The van der Waals surface area contributed by atoms with Gasteiger partial charge >= 0.3 is 5.97 Å². The number of carbonyl (C=O) groups excluding carboxylic acids is 1. The van der Waals surface area contributed by atoms with Crippen molar-refractivity contribution in [1.29, 1.82) is 0 Å². The molecule has 1 aromatic heterocycles. The highest BCUT2D eigenvalue weighted by molar-refractivity contribution is 9.10. The van der Waals surface area contributed by atoms with Crippen LogP contribution in [0.25, 0.3) is 17.4 Å². The van der Waals surface area contributed by atoms with Crippen molar-refractivity contribution < 1.29 is 19.1 Å². The molecule has 1 N–H and O–H groups in total. The summed E-state index contributed by atoms with van der Waals surface area (Å²) in [6, 6.07) is 17.4. The predicted molar refractivity (Wildman–Crippen MR) is 121 cm³/mol. The van der Waals surface area contributed by atoms with Crippen molar-refractivity contribution in [2.24, 2.45) is 0 Å². The maximum Gasteiger partial charge on any atom is 0.335 e. The Labute approximate surface area is 184 Å². The highest BCUT2D eigenvalue weighted by atomic mass is 79.9. The van der Waals surface area contributed by atoms with Gasteiger partial charge in [0.25, 0.3) is 5.91 Å². The van der Waals surface area contributed by atoms with E-state index in [1.807, 2.05) is 30.3 Å². The van der Waals surface area contributed by atoms with Crippen LogP contribution >= 0.6 is 39.9 Å². The van der Waals surface area contributed by atoms with E-state index < -0.39 is 5.97 Å². The number of thiocarbonyl (C=S) groups is 1. The average molecular weight is 486 g/mol. The van der Waals surface area contributed by atoms with Crippen LogP contribution in [0.3, 0.4) is 0 Å². The third kappa shape index (κ3) is 4.05. The summed E-state index contributed by atoms with van der Waals surface area (Å²) in [5, 5.41) is 9.02. The van der Waals surface area contributed by atoms with E-state index >= 15 is 0 Å². The Bertz CT molecular complexity index is 1150. The van der Waals surface area contributed by atoms with Crippen LogP contribution in [0.1, 0.15) is 16.1 Å². The van der Waals surface area contributed by atoms with Gasteiger partial charge in [0.1, 0.15) is 11.5 Å². The molecule has 144 valence electrons. The molecule has 1 aliphatic heterocycles. The van der Waals surface area contributed by atoms with E-state index in [9.17, 15) is 9.59 Å². The van der Waals surface area contributed by atoms with Crippen molar-refractivity contribution in [3.8, 4) is 11.3 Å². The summed E-state index contributed by atoms with van der Waals surface area (Å²) in [7, 11) is 0. The van der Waals surface area contributed by atoms with Crippen LogP contribution in [-0.2, 0) is 4.79 Å². The van der Waals surface area contributed by atoms with Crippen molar-refractivity contribution in [1.82, 2.24) is 0 Å². The van der Waals surface area contributed by atoms with Crippen molar-refractivity contribution in [2.75, 3.05) is 4.90 Å². The van der Waals surface area contributed by atoms with Crippen LogP contribution in [0, 0.1) is 0 Å². The molecule has 0 bridgehead atoms. The number of thioether (sulfide) groups is 1. The van der Waals surface area contributed by atoms with Gasteiger partial charge in [0.05, 0.1) is 16.2 Å². The second-order valence-corrected chi connectivity index (χ2v) is 8.67. The number of carboxylic acids is 1. The maximum atomic E-state index is 12.8. The van der Waals surface area contributed by atoms with Crippen molar-refractivity contribution in [3.05, 3.63) is 81.4 Å². The van der Waals surface area contributed by atoms with Gasteiger partial charge in [0, 0.05) is 16.1 Å². The number of furan rings is 1. The van der Waals surface area contributed by atoms with Crippen molar-refractivity contribution in [3.63, 3.8) is 0 Å². The average Bonchev–Trinajstić information content (AvgIpc) is 3.27. The Balaban J connectivity index is 1.58. The van der Waals surface area contributed by atoms with Crippen molar-refractivity contribution in [2.45, 2.75) is 0 Å². The number of halogens is 1. The van der Waals surface area contributed by atoms with E-state index in [0.29, 0.717) is 26.4 Å². The number of carboxylic acid groups (broad SMARTS) is 1. The first-order valence-corrected chi connectivity index (χ1v) is 10.4. The number of rotatable bonds is 4. The summed E-state index contributed by atoms with van der Waals surface area (Å²) in [5.74, 6) is -0.0565. The lowest BCUT2D eigenvalue weighted by Gasteiger charge is -2.14. The van der Waals surface area contributed by atoms with Crippen LogP contribution in [0.2, 0.25) is 0 Å². The molecule has 5 nitrogen and oxygen atoms in total. The number of anilines is 1. The van der Waals surface area contributed by atoms with Gasteiger partial charge in [-0.1, -0.05) is 52.0 Å². The summed E-state index contributed by atoms with van der Waals surface area (Å²) in [6.45, 7) is 0. The summed E-state index contributed by atoms with van der Waals surface area (Å²) >= 11 is 9.93. The number of aromatic carboxylic acids is 1. The normalized spacial score (nSPS) is 15.3. The van der Waals surface area contributed by atoms with Gasteiger partial charge in [-0.25, -0.2) is 4.79 Å². The second kappa shape index (κ2) is 7.98. The lowest BCUT2D eigenvalue weighted by Crippen LogP contribution is -2.27. The molecule has 29 heavy (non-hydrogen) atoms. The molecule has 1 fully saturated rings. The van der Waals surface area contributed by atoms with Gasteiger partial charge in [-0.3, -0.25) is 9.69 Å². The van der Waals surface area contributed by atoms with E-state index in [4.69, 9.17) is 21.7 Å². The SMILES string of the molecule is O=C(O)c1ccc(N2C(=O)/C(=C\c3ccc(-c4ccc(Br)cc4)o3)SC2=S)cc1. The highest BCUT2D eigenvalue weighted by Crippen LogP contribution is 2.36. The molecule has 4 rings (SSSR count). The first-order chi connectivity index (χ1) is 13.9. The van der Waals surface area contributed by atoms with E-state index in [1.165, 1.54) is 28.8 Å². The number of nitrogens with zero attached hydrogens (tertiary/aromatic N) is 1. The summed E-state index contributed by atoms with van der Waals surface area (Å²) in [4.78, 5) is 25.7. The Hall–Kier alpha value is -2.68. The summed E-state index contributed by atoms with van der Waals surface area (Å²) in [5.41, 5.74) is 1.60. The number of amides is 1. The molecule has 1 amide bonds. The number of benzene rings is 2. The van der Waals surface area contributed by atoms with Crippen LogP contribution in [0.15, 0.2) is 74.5 Å². The molecular formula is C21H12BrNO4S2. The van der Waals surface area contributed by atoms with E-state index in [-0.39, 0.29) is 11.5 Å². The molecule has 0 aliphatic carbocycles. The van der Waals surface area contributed by atoms with E-state index in [0.717, 1.165) is 10.0 Å². The molecule has 0 radical (unpaired) electrons. The lowest BCUT2D eigenvalue weighted by molar-refractivity contribution is -0.113. The van der Waals surface area contributed by atoms with Gasteiger partial charge in [0.15, 0.2) is 4.32 Å². The number of carbonyl (C=O) groups is 2. The molecule has 2 aromatic carbocycles. The molecule has 0 spiro atoms. The van der Waals surface area contributed by atoms with Gasteiger partial charge < -0.3 is 9.52 Å². The molecule has 8 heteroatoms. The first kappa shape index (κ1) is 19.6. The third-order valence-electron chi connectivity index (χ3n) is 4.20. The summed E-state index contributed by atoms with van der Waals surface area (Å²) in [6.07, 6.45) is 1.66. The molecule has 1 saturated heterocycles. The number of hydrogen-bond acceptors (Lipinski definition) is 5. The van der Waals surface area contributed by atoms with Gasteiger partial charge in [-0.15, -0.1) is 0 Å². The minimum atomic E-state index is -1.03. The monoisotopic (exact) mass is 485 g/mol. The van der Waals surface area contributed by atoms with E-state index in [1.54, 1.807) is 24.3 Å². The van der Waals surface area contributed by atoms with Crippen LogP contribution < -0.4 is 4.90 Å². The van der Waals surface area contributed by atoms with Gasteiger partial charge in [-0.05, 0) is 48.5 Å². The minimum absolute atomic E-state index is 0.144. The molecule has 3 aromatic rings. The second-order valence-electron chi connectivity index (χ2n) is 6.08. The predicted octanol–water partition coefficient (Wildman–Crippen LogP) is 5.81. The lowest BCUT2D eigenvalue weighted by atomic mass is 10.2. The Morgan fingerprint density at radius 2 is 1.76 bits per heavy atom. The first-order valence-electron chi connectivity index (χ1n) is 8.39. The quantitative estimate of drug-likeness (QED) is 0.371. The van der Waals surface area contributed by atoms with Gasteiger partial charge in [0.2, 0.25) is 0 Å². The topological polar surface area (TPSA) is 70.8 Å². The summed E-state index contributed by atoms with van der Waals surface area (Å²) < 4.78 is 7.21. The van der Waals surface area contributed by atoms with Crippen molar-refractivity contribution >= 4 is 67.9 Å². The molecule has 0 saturated carbocycles. The fraction of sp³-hybridized carbons (Fsp3) is 0. The van der Waals surface area contributed by atoms with Crippen LogP contribution in [-0.4, -0.2) is 21.3 Å². The molecular weight excluding hydrogens is 474 g/mol. The molecule has 0 unspecified atom stereocenters. The largest absolute Gasteiger partial charge is 0.478 e. The maximum absolute atomic E-state index is 12.8.